The Balaban J connectivity index is 1.71. The molecule has 0 aliphatic heterocycles. The van der Waals surface area contributed by atoms with Gasteiger partial charge in [0.05, 0.1) is 6.54 Å². The van der Waals surface area contributed by atoms with E-state index in [9.17, 15) is 0 Å². The molecule has 3 heteroatoms. The van der Waals surface area contributed by atoms with Crippen molar-refractivity contribution in [2.45, 2.75) is 39.2 Å². The molecule has 0 saturated heterocycles. The van der Waals surface area contributed by atoms with Gasteiger partial charge in [0, 0.05) is 0 Å². The maximum absolute atomic E-state index is 5.72. The van der Waals surface area contributed by atoms with Gasteiger partial charge in [-0.2, -0.15) is 0 Å². The van der Waals surface area contributed by atoms with Gasteiger partial charge in [-0.05, 0) is 48.5 Å². The number of halogens is 1. The smallest absolute Gasteiger partial charge is 0.193 e. The Morgan fingerprint density at radius 1 is 1.38 bits per heavy atom. The second-order valence-corrected chi connectivity index (χ2v) is 5.23. The van der Waals surface area contributed by atoms with E-state index in [1.165, 1.54) is 25.7 Å². The molecule has 1 saturated carbocycles. The van der Waals surface area contributed by atoms with Gasteiger partial charge in [-0.25, -0.2) is 0 Å². The predicted molar refractivity (Wildman–Crippen MR) is 66.5 cm³/mol. The van der Waals surface area contributed by atoms with Crippen LogP contribution in [-0.2, 0) is 6.54 Å². The third-order valence-electron chi connectivity index (χ3n) is 3.62. The molecule has 2 atom stereocenters. The van der Waals surface area contributed by atoms with Crippen molar-refractivity contribution in [1.29, 1.82) is 0 Å². The summed E-state index contributed by atoms with van der Waals surface area (Å²) in [4.78, 5) is 0. The van der Waals surface area contributed by atoms with Crippen LogP contribution in [0, 0.1) is 11.8 Å². The summed E-state index contributed by atoms with van der Waals surface area (Å²) >= 11 is 5.72. The molecule has 0 aromatic carbocycles. The van der Waals surface area contributed by atoms with Crippen molar-refractivity contribution in [2.24, 2.45) is 11.8 Å². The second-order valence-electron chi connectivity index (χ2n) is 4.86. The Kier molecular flexibility index (Phi) is 4.30. The van der Waals surface area contributed by atoms with E-state index < -0.39 is 0 Å². The van der Waals surface area contributed by atoms with Crippen molar-refractivity contribution in [1.82, 2.24) is 5.32 Å². The van der Waals surface area contributed by atoms with Gasteiger partial charge in [-0.1, -0.05) is 26.2 Å². The average molecular weight is 242 g/mol. The summed E-state index contributed by atoms with van der Waals surface area (Å²) in [6, 6.07) is 3.72. The molecule has 1 fully saturated rings. The molecule has 0 bridgehead atoms. The summed E-state index contributed by atoms with van der Waals surface area (Å²) in [5.41, 5.74) is 0. The molecule has 1 N–H and O–H groups in total. The van der Waals surface area contributed by atoms with Crippen molar-refractivity contribution in [3.8, 4) is 0 Å². The molecule has 1 heterocycles. The van der Waals surface area contributed by atoms with Crippen molar-refractivity contribution >= 4 is 11.6 Å². The number of nitrogens with one attached hydrogen (secondary N) is 1. The Morgan fingerprint density at radius 3 is 2.88 bits per heavy atom. The van der Waals surface area contributed by atoms with E-state index in [1.54, 1.807) is 6.07 Å². The summed E-state index contributed by atoms with van der Waals surface area (Å²) in [6.07, 6.45) is 5.56. The molecule has 90 valence electrons. The number of furan rings is 1. The molecule has 1 aliphatic rings. The van der Waals surface area contributed by atoms with Gasteiger partial charge < -0.3 is 9.73 Å². The van der Waals surface area contributed by atoms with Crippen LogP contribution in [0.3, 0.4) is 0 Å². The highest BCUT2D eigenvalue weighted by atomic mass is 35.5. The van der Waals surface area contributed by atoms with Crippen LogP contribution in [0.4, 0.5) is 0 Å². The van der Waals surface area contributed by atoms with Crippen molar-refractivity contribution in [3.05, 3.63) is 23.1 Å². The average Bonchev–Trinajstić information content (AvgIpc) is 2.67. The van der Waals surface area contributed by atoms with E-state index in [-0.39, 0.29) is 0 Å². The molecule has 0 amide bonds. The van der Waals surface area contributed by atoms with Crippen LogP contribution in [0.25, 0.3) is 0 Å². The Hall–Kier alpha value is -0.470. The van der Waals surface area contributed by atoms with Gasteiger partial charge in [0.2, 0.25) is 0 Å². The fourth-order valence-electron chi connectivity index (χ4n) is 2.52. The maximum Gasteiger partial charge on any atom is 0.193 e. The van der Waals surface area contributed by atoms with Crippen LogP contribution >= 0.6 is 11.6 Å². The van der Waals surface area contributed by atoms with E-state index >= 15 is 0 Å². The van der Waals surface area contributed by atoms with E-state index in [1.807, 2.05) is 6.07 Å². The van der Waals surface area contributed by atoms with E-state index in [0.29, 0.717) is 5.22 Å². The van der Waals surface area contributed by atoms with Crippen molar-refractivity contribution in [2.75, 3.05) is 6.54 Å². The minimum Gasteiger partial charge on any atom is -0.448 e. The monoisotopic (exact) mass is 241 g/mol. The van der Waals surface area contributed by atoms with Gasteiger partial charge in [-0.15, -0.1) is 0 Å². The van der Waals surface area contributed by atoms with Crippen LogP contribution in [0.5, 0.6) is 0 Å². The molecule has 1 aromatic heterocycles. The first-order valence-electron chi connectivity index (χ1n) is 6.20. The highest BCUT2D eigenvalue weighted by Gasteiger charge is 2.20. The normalized spacial score (nSPS) is 25.9. The lowest BCUT2D eigenvalue weighted by Gasteiger charge is -2.28. The molecule has 0 spiro atoms. The summed E-state index contributed by atoms with van der Waals surface area (Å²) in [5.74, 6) is 2.62. The van der Waals surface area contributed by atoms with Crippen LogP contribution in [0.2, 0.25) is 5.22 Å². The Labute approximate surface area is 102 Å². The van der Waals surface area contributed by atoms with Crippen LogP contribution in [0.15, 0.2) is 16.5 Å². The minimum absolute atomic E-state index is 0.475. The van der Waals surface area contributed by atoms with Gasteiger partial charge in [0.25, 0.3) is 0 Å². The van der Waals surface area contributed by atoms with Gasteiger partial charge >= 0.3 is 0 Å². The molecule has 2 rings (SSSR count). The zero-order valence-corrected chi connectivity index (χ0v) is 10.6. The summed E-state index contributed by atoms with van der Waals surface area (Å²) in [5, 5.41) is 3.94. The molecule has 16 heavy (non-hydrogen) atoms. The topological polar surface area (TPSA) is 25.2 Å². The van der Waals surface area contributed by atoms with Crippen molar-refractivity contribution in [3.63, 3.8) is 0 Å². The molecule has 2 nitrogen and oxygen atoms in total. The number of hydrogen-bond acceptors (Lipinski definition) is 2. The van der Waals surface area contributed by atoms with Crippen LogP contribution in [0.1, 0.15) is 38.4 Å². The highest BCUT2D eigenvalue weighted by Crippen LogP contribution is 2.28. The van der Waals surface area contributed by atoms with E-state index in [2.05, 4.69) is 12.2 Å². The second kappa shape index (κ2) is 5.74. The Bertz CT molecular complexity index is 323. The summed E-state index contributed by atoms with van der Waals surface area (Å²) in [7, 11) is 0. The first kappa shape index (κ1) is 12.0. The molecular formula is C13H20ClNO. The van der Waals surface area contributed by atoms with Gasteiger partial charge in [0.15, 0.2) is 5.22 Å². The van der Waals surface area contributed by atoms with Gasteiger partial charge in [0.1, 0.15) is 5.76 Å². The standard InChI is InChI=1S/C13H20ClNO/c1-10-4-2-3-5-11(10)8-15-9-12-6-7-13(14)16-12/h6-7,10-11,15H,2-5,8-9H2,1H3. The highest BCUT2D eigenvalue weighted by molar-refractivity contribution is 6.28. The Morgan fingerprint density at radius 2 is 2.19 bits per heavy atom. The van der Waals surface area contributed by atoms with Crippen molar-refractivity contribution < 1.29 is 4.42 Å². The molecule has 1 aliphatic carbocycles. The predicted octanol–water partition coefficient (Wildman–Crippen LogP) is 3.85. The summed E-state index contributed by atoms with van der Waals surface area (Å²) in [6.45, 7) is 4.25. The molecule has 0 radical (unpaired) electrons. The van der Waals surface area contributed by atoms with E-state index in [0.717, 1.165) is 30.7 Å². The maximum atomic E-state index is 5.72. The SMILES string of the molecule is CC1CCCCC1CNCc1ccc(Cl)o1. The van der Waals surface area contributed by atoms with E-state index in [4.69, 9.17) is 16.0 Å². The quantitative estimate of drug-likeness (QED) is 0.866. The summed E-state index contributed by atoms with van der Waals surface area (Å²) < 4.78 is 5.30. The fourth-order valence-corrected chi connectivity index (χ4v) is 2.69. The van der Waals surface area contributed by atoms with Gasteiger partial charge in [-0.3, -0.25) is 0 Å². The lowest BCUT2D eigenvalue weighted by atomic mass is 9.80. The molecule has 2 unspecified atom stereocenters. The lowest BCUT2D eigenvalue weighted by molar-refractivity contribution is 0.246. The zero-order valence-electron chi connectivity index (χ0n) is 9.84. The first-order valence-corrected chi connectivity index (χ1v) is 6.58. The minimum atomic E-state index is 0.475. The van der Waals surface area contributed by atoms with Crippen LogP contribution < -0.4 is 5.32 Å². The third-order valence-corrected chi connectivity index (χ3v) is 3.83. The fraction of sp³-hybridized carbons (Fsp3) is 0.692. The molecular weight excluding hydrogens is 222 g/mol. The zero-order chi connectivity index (χ0) is 11.4. The third kappa shape index (κ3) is 3.26. The van der Waals surface area contributed by atoms with Crippen LogP contribution in [-0.4, -0.2) is 6.54 Å². The molecule has 1 aromatic rings. The first-order chi connectivity index (χ1) is 7.75. The lowest BCUT2D eigenvalue weighted by Crippen LogP contribution is -2.28. The largest absolute Gasteiger partial charge is 0.448 e. The number of rotatable bonds is 4. The number of hydrogen-bond donors (Lipinski definition) is 1.